The van der Waals surface area contributed by atoms with Crippen molar-refractivity contribution in [2.45, 2.75) is 25.0 Å². The van der Waals surface area contributed by atoms with Gasteiger partial charge in [-0.3, -0.25) is 0 Å². The summed E-state index contributed by atoms with van der Waals surface area (Å²) in [6.45, 7) is 0.638. The molecule has 15 heavy (non-hydrogen) atoms. The lowest BCUT2D eigenvalue weighted by Crippen LogP contribution is -2.23. The molecule has 0 amide bonds. The van der Waals surface area contributed by atoms with Crippen LogP contribution in [0.1, 0.15) is 24.5 Å². The van der Waals surface area contributed by atoms with E-state index in [0.717, 1.165) is 14.5 Å². The van der Waals surface area contributed by atoms with Crippen molar-refractivity contribution in [3.8, 4) is 0 Å². The fourth-order valence-electron chi connectivity index (χ4n) is 1.40. The molecule has 2 rings (SSSR count). The van der Waals surface area contributed by atoms with Crippen molar-refractivity contribution in [1.82, 2.24) is 5.32 Å². The van der Waals surface area contributed by atoms with Crippen molar-refractivity contribution >= 4 is 31.9 Å². The monoisotopic (exact) mass is 333 g/mol. The van der Waals surface area contributed by atoms with Crippen LogP contribution in [0.15, 0.2) is 27.1 Å². The van der Waals surface area contributed by atoms with Gasteiger partial charge in [-0.2, -0.15) is 0 Å². The average molecular weight is 335 g/mol. The van der Waals surface area contributed by atoms with E-state index in [4.69, 9.17) is 0 Å². The van der Waals surface area contributed by atoms with Gasteiger partial charge in [-0.25, -0.2) is 0 Å². The molecule has 1 aliphatic carbocycles. The molecular weight excluding hydrogens is 322 g/mol. The van der Waals surface area contributed by atoms with E-state index in [1.165, 1.54) is 12.8 Å². The van der Waals surface area contributed by atoms with Crippen molar-refractivity contribution in [3.05, 3.63) is 32.7 Å². The van der Waals surface area contributed by atoms with Crippen LogP contribution < -0.4 is 5.32 Å². The van der Waals surface area contributed by atoms with E-state index < -0.39 is 6.10 Å². The van der Waals surface area contributed by atoms with Crippen molar-refractivity contribution in [2.24, 2.45) is 0 Å². The topological polar surface area (TPSA) is 32.3 Å². The smallest absolute Gasteiger partial charge is 0.0914 e. The normalized spacial score (nSPS) is 17.8. The summed E-state index contributed by atoms with van der Waals surface area (Å²) in [4.78, 5) is 0. The Morgan fingerprint density at radius 3 is 2.67 bits per heavy atom. The van der Waals surface area contributed by atoms with Gasteiger partial charge < -0.3 is 10.4 Å². The Labute approximate surface area is 106 Å². The number of hydrogen-bond donors (Lipinski definition) is 2. The molecule has 1 fully saturated rings. The van der Waals surface area contributed by atoms with Gasteiger partial charge in [0, 0.05) is 21.5 Å². The van der Waals surface area contributed by atoms with E-state index >= 15 is 0 Å². The summed E-state index contributed by atoms with van der Waals surface area (Å²) in [6, 6.07) is 6.47. The molecule has 0 heterocycles. The summed E-state index contributed by atoms with van der Waals surface area (Å²) >= 11 is 6.83. The lowest BCUT2D eigenvalue weighted by molar-refractivity contribution is 0.174. The molecule has 0 spiro atoms. The van der Waals surface area contributed by atoms with Crippen LogP contribution in [-0.2, 0) is 0 Å². The minimum absolute atomic E-state index is 0.421. The zero-order valence-electron chi connectivity index (χ0n) is 8.21. The van der Waals surface area contributed by atoms with Crippen LogP contribution in [0, 0.1) is 0 Å². The molecule has 1 aromatic rings. The van der Waals surface area contributed by atoms with Crippen LogP contribution >= 0.6 is 31.9 Å². The summed E-state index contributed by atoms with van der Waals surface area (Å²) in [7, 11) is 0. The highest BCUT2D eigenvalue weighted by Gasteiger charge is 2.21. The molecule has 1 aliphatic rings. The third-order valence-corrected chi connectivity index (χ3v) is 4.39. The molecule has 2 nitrogen and oxygen atoms in total. The summed E-state index contributed by atoms with van der Waals surface area (Å²) in [5.74, 6) is 0. The fourth-order valence-corrected chi connectivity index (χ4v) is 2.05. The highest BCUT2D eigenvalue weighted by atomic mass is 79.9. The Balaban J connectivity index is 1.97. The minimum atomic E-state index is -0.421. The lowest BCUT2D eigenvalue weighted by atomic mass is 10.1. The maximum atomic E-state index is 9.91. The maximum absolute atomic E-state index is 9.91. The van der Waals surface area contributed by atoms with Crippen molar-refractivity contribution in [3.63, 3.8) is 0 Å². The minimum Gasteiger partial charge on any atom is -0.387 e. The Morgan fingerprint density at radius 2 is 2.07 bits per heavy atom. The van der Waals surface area contributed by atoms with Gasteiger partial charge in [0.1, 0.15) is 0 Å². The van der Waals surface area contributed by atoms with E-state index in [2.05, 4.69) is 37.2 Å². The Bertz CT molecular complexity index is 352. The Hall–Kier alpha value is 0.1000. The van der Waals surface area contributed by atoms with E-state index in [1.807, 2.05) is 18.2 Å². The van der Waals surface area contributed by atoms with Crippen molar-refractivity contribution in [1.29, 1.82) is 0 Å². The first-order chi connectivity index (χ1) is 7.16. The second-order valence-electron chi connectivity index (χ2n) is 3.87. The number of halogens is 2. The predicted octanol–water partition coefficient (Wildman–Crippen LogP) is 3.00. The molecule has 1 atom stereocenters. The van der Waals surface area contributed by atoms with Gasteiger partial charge in [-0.1, -0.05) is 6.07 Å². The van der Waals surface area contributed by atoms with Gasteiger partial charge in [-0.05, 0) is 62.4 Å². The number of hydrogen-bond acceptors (Lipinski definition) is 2. The first-order valence-electron chi connectivity index (χ1n) is 5.03. The highest BCUT2D eigenvalue weighted by Crippen LogP contribution is 2.27. The number of nitrogens with one attached hydrogen (secondary N) is 1. The molecule has 0 bridgehead atoms. The second kappa shape index (κ2) is 4.95. The standard InChI is InChI=1S/C11H13Br2NO/c12-9-4-1-7(5-10(9)13)11(15)6-14-8-2-3-8/h1,4-5,8,11,14-15H,2-3,6H2. The van der Waals surface area contributed by atoms with Gasteiger partial charge in [0.15, 0.2) is 0 Å². The summed E-state index contributed by atoms with van der Waals surface area (Å²) in [6.07, 6.45) is 2.07. The molecule has 0 aromatic heterocycles. The second-order valence-corrected chi connectivity index (χ2v) is 5.58. The number of rotatable bonds is 4. The average Bonchev–Trinajstić information content (AvgIpc) is 3.02. The first-order valence-corrected chi connectivity index (χ1v) is 6.62. The predicted molar refractivity (Wildman–Crippen MR) is 67.8 cm³/mol. The highest BCUT2D eigenvalue weighted by molar-refractivity contribution is 9.13. The summed E-state index contributed by atoms with van der Waals surface area (Å²) < 4.78 is 1.99. The quantitative estimate of drug-likeness (QED) is 0.887. The molecule has 1 aromatic carbocycles. The van der Waals surface area contributed by atoms with Crippen LogP contribution in [0.3, 0.4) is 0 Å². The third-order valence-electron chi connectivity index (χ3n) is 2.51. The molecular formula is C11H13Br2NO. The zero-order chi connectivity index (χ0) is 10.8. The number of aliphatic hydroxyl groups is 1. The SMILES string of the molecule is OC(CNC1CC1)c1ccc(Br)c(Br)c1. The summed E-state index contributed by atoms with van der Waals surface area (Å²) in [5, 5.41) is 13.2. The summed E-state index contributed by atoms with van der Waals surface area (Å²) in [5.41, 5.74) is 0.943. The fraction of sp³-hybridized carbons (Fsp3) is 0.455. The number of benzene rings is 1. The first kappa shape index (κ1) is 11.6. The van der Waals surface area contributed by atoms with Gasteiger partial charge in [0.25, 0.3) is 0 Å². The largest absolute Gasteiger partial charge is 0.387 e. The van der Waals surface area contributed by atoms with Gasteiger partial charge >= 0.3 is 0 Å². The van der Waals surface area contributed by atoms with E-state index in [1.54, 1.807) is 0 Å². The molecule has 0 radical (unpaired) electrons. The maximum Gasteiger partial charge on any atom is 0.0914 e. The van der Waals surface area contributed by atoms with Crippen LogP contribution in [-0.4, -0.2) is 17.7 Å². The zero-order valence-corrected chi connectivity index (χ0v) is 11.4. The lowest BCUT2D eigenvalue weighted by Gasteiger charge is -2.12. The number of aliphatic hydroxyl groups excluding tert-OH is 1. The van der Waals surface area contributed by atoms with Crippen molar-refractivity contribution < 1.29 is 5.11 Å². The van der Waals surface area contributed by atoms with Gasteiger partial charge in [0.2, 0.25) is 0 Å². The van der Waals surface area contributed by atoms with Crippen LogP contribution in [0.2, 0.25) is 0 Å². The molecule has 1 unspecified atom stereocenters. The molecule has 0 saturated heterocycles. The van der Waals surface area contributed by atoms with E-state index in [0.29, 0.717) is 12.6 Å². The van der Waals surface area contributed by atoms with E-state index in [9.17, 15) is 5.11 Å². The van der Waals surface area contributed by atoms with Crippen LogP contribution in [0.25, 0.3) is 0 Å². The molecule has 2 N–H and O–H groups in total. The van der Waals surface area contributed by atoms with Crippen LogP contribution in [0.5, 0.6) is 0 Å². The molecule has 4 heteroatoms. The van der Waals surface area contributed by atoms with Crippen molar-refractivity contribution in [2.75, 3.05) is 6.54 Å². The van der Waals surface area contributed by atoms with Gasteiger partial charge in [0.05, 0.1) is 6.10 Å². The Kier molecular flexibility index (Phi) is 3.83. The van der Waals surface area contributed by atoms with E-state index in [-0.39, 0.29) is 0 Å². The molecule has 0 aliphatic heterocycles. The Morgan fingerprint density at radius 1 is 1.33 bits per heavy atom. The van der Waals surface area contributed by atoms with Crippen LogP contribution in [0.4, 0.5) is 0 Å². The molecule has 82 valence electrons. The van der Waals surface area contributed by atoms with Gasteiger partial charge in [-0.15, -0.1) is 0 Å². The third kappa shape index (κ3) is 3.28. The molecule has 1 saturated carbocycles.